The zero-order valence-electron chi connectivity index (χ0n) is 20.9. The van der Waals surface area contributed by atoms with E-state index in [2.05, 4.69) is 20.8 Å². The van der Waals surface area contributed by atoms with E-state index in [0.29, 0.717) is 11.1 Å². The number of hydrogen-bond acceptors (Lipinski definition) is 5. The van der Waals surface area contributed by atoms with Gasteiger partial charge in [0.1, 0.15) is 11.2 Å². The Balaban J connectivity index is 2.49. The summed E-state index contributed by atoms with van der Waals surface area (Å²) in [5, 5.41) is 20.1. The minimum atomic E-state index is -1.99. The highest BCUT2D eigenvalue weighted by Crippen LogP contribution is 2.35. The number of rotatable bonds is 11. The number of aliphatic hydroxyl groups is 2. The topological polar surface area (TPSA) is 83.8 Å². The van der Waals surface area contributed by atoms with Crippen LogP contribution in [-0.2, 0) is 4.43 Å². The summed E-state index contributed by atoms with van der Waals surface area (Å²) >= 11 is 0. The van der Waals surface area contributed by atoms with Crippen molar-refractivity contribution in [3.8, 4) is 0 Å². The lowest BCUT2D eigenvalue weighted by atomic mass is 9.93. The van der Waals surface area contributed by atoms with Gasteiger partial charge in [-0.15, -0.1) is 0 Å². The normalized spacial score (nSPS) is 12.8. The third-order valence-corrected chi connectivity index (χ3v) is 11.0. The van der Waals surface area contributed by atoms with Crippen LogP contribution >= 0.6 is 0 Å². The fraction of sp³-hybridized carbons (Fsp3) is 0.481. The minimum Gasteiger partial charge on any atom is -0.406 e. The van der Waals surface area contributed by atoms with Crippen molar-refractivity contribution in [2.75, 3.05) is 0 Å². The van der Waals surface area contributed by atoms with E-state index in [0.717, 1.165) is 29.3 Å². The van der Waals surface area contributed by atoms with Crippen LogP contribution in [0.1, 0.15) is 86.4 Å². The highest BCUT2D eigenvalue weighted by atomic mass is 28.4. The zero-order chi connectivity index (χ0) is 25.0. The Morgan fingerprint density at radius 3 is 1.27 bits per heavy atom. The molecule has 0 aliphatic rings. The number of benzene rings is 2. The summed E-state index contributed by atoms with van der Waals surface area (Å²) in [6, 6.07) is 17.4. The van der Waals surface area contributed by atoms with Crippen molar-refractivity contribution in [2.45, 2.75) is 83.9 Å². The Kier molecular flexibility index (Phi) is 8.57. The molecular formula is C27H38O5Si. The molecule has 2 N–H and O–H groups in total. The number of hydrogen-bond donors (Lipinski definition) is 2. The van der Waals surface area contributed by atoms with Crippen LogP contribution in [-0.4, -0.2) is 41.3 Å². The summed E-state index contributed by atoms with van der Waals surface area (Å²) in [7, 11) is -1.99. The largest absolute Gasteiger partial charge is 0.406 e. The number of Topliss-reactive ketones (excluding diaryl/α,β-unsaturated/α-hetero) is 2. The standard InChI is InChI=1S/C27H38O5Si/c1-8-33(9-2,10-3)32-23(19-11-15-21(16-12-19)24(28)26(4,5)30)20-13-17-22(18-14-20)25(29)27(6,7)31/h11-18,23,30-31H,8-10H2,1-7H3. The van der Waals surface area contributed by atoms with Crippen molar-refractivity contribution in [3.63, 3.8) is 0 Å². The molecule has 6 heteroatoms. The third-order valence-electron chi connectivity index (χ3n) is 6.36. The quantitative estimate of drug-likeness (QED) is 0.325. The maximum Gasteiger partial charge on any atom is 0.193 e. The molecule has 2 aromatic rings. The first-order chi connectivity index (χ1) is 15.3. The monoisotopic (exact) mass is 470 g/mol. The van der Waals surface area contributed by atoms with Crippen molar-refractivity contribution in [3.05, 3.63) is 70.8 Å². The fourth-order valence-electron chi connectivity index (χ4n) is 3.90. The van der Waals surface area contributed by atoms with Gasteiger partial charge >= 0.3 is 0 Å². The molecule has 0 saturated heterocycles. The maximum absolute atomic E-state index is 12.4. The summed E-state index contributed by atoms with van der Waals surface area (Å²) in [6.07, 6.45) is -0.339. The Morgan fingerprint density at radius 1 is 0.727 bits per heavy atom. The summed E-state index contributed by atoms with van der Waals surface area (Å²) in [5.74, 6) is -0.666. The highest BCUT2D eigenvalue weighted by molar-refractivity contribution is 6.73. The second kappa shape index (κ2) is 10.4. The Labute approximate surface area is 198 Å². The smallest absolute Gasteiger partial charge is 0.193 e. The fourth-order valence-corrected chi connectivity index (χ4v) is 6.68. The lowest BCUT2D eigenvalue weighted by molar-refractivity contribution is 0.0487. The van der Waals surface area contributed by atoms with Gasteiger partial charge in [0.15, 0.2) is 19.9 Å². The Hall–Kier alpha value is -2.12. The van der Waals surface area contributed by atoms with E-state index < -0.39 is 19.5 Å². The molecule has 0 atom stereocenters. The van der Waals surface area contributed by atoms with Gasteiger partial charge in [-0.2, -0.15) is 0 Å². The highest BCUT2D eigenvalue weighted by Gasteiger charge is 2.34. The molecule has 0 aliphatic carbocycles. The molecule has 33 heavy (non-hydrogen) atoms. The second-order valence-electron chi connectivity index (χ2n) is 9.76. The molecular weight excluding hydrogens is 432 g/mol. The third kappa shape index (κ3) is 6.48. The van der Waals surface area contributed by atoms with E-state index in [-0.39, 0.29) is 17.7 Å². The van der Waals surface area contributed by atoms with Gasteiger partial charge < -0.3 is 14.6 Å². The number of carbonyl (C=O) groups excluding carboxylic acids is 2. The first kappa shape index (κ1) is 27.1. The van der Waals surface area contributed by atoms with Crippen LogP contribution in [0.4, 0.5) is 0 Å². The van der Waals surface area contributed by atoms with E-state index in [9.17, 15) is 19.8 Å². The van der Waals surface area contributed by atoms with Crippen LogP contribution in [0.3, 0.4) is 0 Å². The van der Waals surface area contributed by atoms with Crippen LogP contribution in [0, 0.1) is 0 Å². The van der Waals surface area contributed by atoms with Crippen LogP contribution in [0.15, 0.2) is 48.5 Å². The molecule has 2 aromatic carbocycles. The minimum absolute atomic E-state index is 0.333. The number of ketones is 2. The van der Waals surface area contributed by atoms with Gasteiger partial charge in [0.25, 0.3) is 0 Å². The Bertz CT molecular complexity index is 868. The molecule has 0 amide bonds. The zero-order valence-corrected chi connectivity index (χ0v) is 21.9. The lowest BCUT2D eigenvalue weighted by Gasteiger charge is -2.34. The SMILES string of the molecule is CC[Si](CC)(CC)OC(c1ccc(C(=O)C(C)(C)O)cc1)c1ccc(C(=O)C(C)(C)O)cc1. The van der Waals surface area contributed by atoms with Crippen molar-refractivity contribution in [2.24, 2.45) is 0 Å². The van der Waals surface area contributed by atoms with Gasteiger partial charge in [-0.05, 0) is 57.0 Å². The predicted molar refractivity (Wildman–Crippen MR) is 134 cm³/mol. The second-order valence-corrected chi connectivity index (χ2v) is 14.5. The number of carbonyl (C=O) groups is 2. The summed E-state index contributed by atoms with van der Waals surface area (Å²) in [4.78, 5) is 24.9. The van der Waals surface area contributed by atoms with E-state index in [1.165, 1.54) is 27.7 Å². The van der Waals surface area contributed by atoms with Gasteiger partial charge in [-0.25, -0.2) is 0 Å². The van der Waals surface area contributed by atoms with Gasteiger partial charge in [-0.1, -0.05) is 69.3 Å². The van der Waals surface area contributed by atoms with Crippen LogP contribution in [0.25, 0.3) is 0 Å². The molecule has 0 aliphatic heterocycles. The summed E-state index contributed by atoms with van der Waals surface area (Å²) in [5.41, 5.74) is -0.154. The molecule has 180 valence electrons. The molecule has 0 aromatic heterocycles. The van der Waals surface area contributed by atoms with E-state index in [1.54, 1.807) is 24.3 Å². The van der Waals surface area contributed by atoms with Crippen molar-refractivity contribution in [1.29, 1.82) is 0 Å². The summed E-state index contributed by atoms with van der Waals surface area (Å²) < 4.78 is 6.86. The van der Waals surface area contributed by atoms with Crippen molar-refractivity contribution < 1.29 is 24.2 Å². The molecule has 0 spiro atoms. The molecule has 2 rings (SSSR count). The van der Waals surface area contributed by atoms with Crippen molar-refractivity contribution in [1.82, 2.24) is 0 Å². The average molecular weight is 471 g/mol. The molecule has 0 bridgehead atoms. The molecule has 0 fully saturated rings. The Morgan fingerprint density at radius 2 is 1.03 bits per heavy atom. The van der Waals surface area contributed by atoms with Crippen molar-refractivity contribution >= 4 is 19.9 Å². The maximum atomic E-state index is 12.4. The predicted octanol–water partition coefficient (Wildman–Crippen LogP) is 5.71. The van der Waals surface area contributed by atoms with Gasteiger partial charge in [0.2, 0.25) is 0 Å². The first-order valence-corrected chi connectivity index (χ1v) is 14.2. The van der Waals surface area contributed by atoms with E-state index in [1.807, 2.05) is 24.3 Å². The molecule has 0 unspecified atom stereocenters. The van der Waals surface area contributed by atoms with E-state index >= 15 is 0 Å². The van der Waals surface area contributed by atoms with Crippen LogP contribution < -0.4 is 0 Å². The van der Waals surface area contributed by atoms with Crippen LogP contribution in [0.2, 0.25) is 18.1 Å². The van der Waals surface area contributed by atoms with Gasteiger partial charge in [-0.3, -0.25) is 9.59 Å². The average Bonchev–Trinajstić information content (AvgIpc) is 2.78. The lowest BCUT2D eigenvalue weighted by Crippen LogP contribution is -2.37. The first-order valence-electron chi connectivity index (χ1n) is 11.7. The van der Waals surface area contributed by atoms with Gasteiger partial charge in [0, 0.05) is 11.1 Å². The molecule has 0 radical (unpaired) electrons. The van der Waals surface area contributed by atoms with Gasteiger partial charge in [0.05, 0.1) is 6.10 Å². The summed E-state index contributed by atoms with van der Waals surface area (Å²) in [6.45, 7) is 12.4. The van der Waals surface area contributed by atoms with Crippen LogP contribution in [0.5, 0.6) is 0 Å². The van der Waals surface area contributed by atoms with E-state index in [4.69, 9.17) is 4.43 Å². The molecule has 5 nitrogen and oxygen atoms in total. The molecule has 0 heterocycles. The molecule has 0 saturated carbocycles.